The van der Waals surface area contributed by atoms with Gasteiger partial charge in [0.25, 0.3) is 0 Å². The van der Waals surface area contributed by atoms with Crippen LogP contribution in [0.3, 0.4) is 0 Å². The molecule has 0 saturated carbocycles. The number of carboxylic acids is 1. The standard InChI is InChI=1S/C18H16ClNO4/c1-24-11-16(18(21)22)14-4-2-3-5-15(14)17(20-23)10-12-6-8-13(19)9-7-12/h2-9,11,23H,10H2,1H3,(H,21,22)/b16-11-,20-17-. The average Bonchev–Trinajstić information content (AvgIpc) is 2.59. The number of ether oxygens (including phenoxy) is 1. The molecule has 0 aliphatic carbocycles. The summed E-state index contributed by atoms with van der Waals surface area (Å²) < 4.78 is 4.86. The van der Waals surface area contributed by atoms with Crippen molar-refractivity contribution in [3.63, 3.8) is 0 Å². The minimum Gasteiger partial charge on any atom is -0.503 e. The van der Waals surface area contributed by atoms with Crippen molar-refractivity contribution in [2.75, 3.05) is 7.11 Å². The van der Waals surface area contributed by atoms with Gasteiger partial charge in [0.2, 0.25) is 0 Å². The number of methoxy groups -OCH3 is 1. The van der Waals surface area contributed by atoms with Crippen molar-refractivity contribution in [2.24, 2.45) is 5.16 Å². The quantitative estimate of drug-likeness (QED) is 0.274. The van der Waals surface area contributed by atoms with E-state index in [1.807, 2.05) is 12.1 Å². The lowest BCUT2D eigenvalue weighted by Gasteiger charge is -2.12. The molecule has 0 unspecified atom stereocenters. The summed E-state index contributed by atoms with van der Waals surface area (Å²) >= 11 is 5.87. The Balaban J connectivity index is 2.44. The van der Waals surface area contributed by atoms with E-state index in [1.165, 1.54) is 7.11 Å². The van der Waals surface area contributed by atoms with E-state index in [1.54, 1.807) is 36.4 Å². The third-order valence-electron chi connectivity index (χ3n) is 3.40. The molecule has 0 bridgehead atoms. The number of benzene rings is 2. The molecule has 0 saturated heterocycles. The van der Waals surface area contributed by atoms with Crippen LogP contribution in [0.2, 0.25) is 5.02 Å². The molecule has 6 heteroatoms. The van der Waals surface area contributed by atoms with Gasteiger partial charge >= 0.3 is 5.97 Å². The summed E-state index contributed by atoms with van der Waals surface area (Å²) in [6.45, 7) is 0. The predicted octanol–water partition coefficient (Wildman–Crippen LogP) is 3.83. The maximum Gasteiger partial charge on any atom is 0.339 e. The molecule has 0 atom stereocenters. The Kier molecular flexibility index (Phi) is 5.98. The van der Waals surface area contributed by atoms with Crippen molar-refractivity contribution in [1.82, 2.24) is 0 Å². The fraction of sp³-hybridized carbons (Fsp3) is 0.111. The smallest absolute Gasteiger partial charge is 0.339 e. The maximum atomic E-state index is 11.5. The average molecular weight is 346 g/mol. The Morgan fingerprint density at radius 1 is 1.17 bits per heavy atom. The first-order valence-electron chi connectivity index (χ1n) is 7.08. The first-order valence-corrected chi connectivity index (χ1v) is 7.46. The van der Waals surface area contributed by atoms with Gasteiger partial charge in [-0.15, -0.1) is 0 Å². The lowest BCUT2D eigenvalue weighted by molar-refractivity contribution is -0.130. The van der Waals surface area contributed by atoms with Crippen LogP contribution in [0.15, 0.2) is 59.9 Å². The molecule has 0 heterocycles. The number of carbonyl (C=O) groups is 1. The number of hydrogen-bond acceptors (Lipinski definition) is 4. The molecule has 2 aromatic carbocycles. The largest absolute Gasteiger partial charge is 0.503 e. The fourth-order valence-corrected chi connectivity index (χ4v) is 2.42. The molecule has 0 aliphatic heterocycles. The molecule has 0 fully saturated rings. The highest BCUT2D eigenvalue weighted by Gasteiger charge is 2.18. The van der Waals surface area contributed by atoms with E-state index in [2.05, 4.69) is 5.16 Å². The normalized spacial score (nSPS) is 12.1. The third-order valence-corrected chi connectivity index (χ3v) is 3.65. The maximum absolute atomic E-state index is 11.5. The van der Waals surface area contributed by atoms with Crippen LogP contribution in [0.25, 0.3) is 5.57 Å². The van der Waals surface area contributed by atoms with Gasteiger partial charge in [-0.25, -0.2) is 4.79 Å². The summed E-state index contributed by atoms with van der Waals surface area (Å²) in [6.07, 6.45) is 1.48. The van der Waals surface area contributed by atoms with E-state index in [9.17, 15) is 15.1 Å². The van der Waals surface area contributed by atoms with Crippen LogP contribution in [0, 0.1) is 0 Å². The molecular formula is C18H16ClNO4. The highest BCUT2D eigenvalue weighted by molar-refractivity contribution is 6.30. The fourth-order valence-electron chi connectivity index (χ4n) is 2.30. The minimum atomic E-state index is -1.13. The van der Waals surface area contributed by atoms with Crippen LogP contribution in [0.5, 0.6) is 0 Å². The summed E-state index contributed by atoms with van der Waals surface area (Å²) in [4.78, 5) is 11.5. The molecule has 2 N–H and O–H groups in total. The Hall–Kier alpha value is -2.79. The van der Waals surface area contributed by atoms with Crippen LogP contribution < -0.4 is 0 Å². The molecule has 24 heavy (non-hydrogen) atoms. The van der Waals surface area contributed by atoms with Gasteiger partial charge in [-0.1, -0.05) is 53.2 Å². The van der Waals surface area contributed by atoms with Gasteiger partial charge in [-0.2, -0.15) is 0 Å². The lowest BCUT2D eigenvalue weighted by atomic mass is 9.94. The molecule has 0 spiro atoms. The van der Waals surface area contributed by atoms with Crippen molar-refractivity contribution in [3.05, 3.63) is 76.5 Å². The van der Waals surface area contributed by atoms with Crippen molar-refractivity contribution in [3.8, 4) is 0 Å². The van der Waals surface area contributed by atoms with Crippen LogP contribution in [-0.4, -0.2) is 29.1 Å². The molecule has 0 aliphatic rings. The molecule has 2 aromatic rings. The lowest BCUT2D eigenvalue weighted by Crippen LogP contribution is -2.11. The Labute approximate surface area is 144 Å². The van der Waals surface area contributed by atoms with Gasteiger partial charge in [-0.3, -0.25) is 0 Å². The summed E-state index contributed by atoms with van der Waals surface area (Å²) in [5, 5.41) is 22.8. The van der Waals surface area contributed by atoms with E-state index < -0.39 is 5.97 Å². The van der Waals surface area contributed by atoms with E-state index in [0.29, 0.717) is 28.3 Å². The molecule has 2 rings (SSSR count). The van der Waals surface area contributed by atoms with E-state index in [-0.39, 0.29) is 5.57 Å². The van der Waals surface area contributed by atoms with Crippen LogP contribution >= 0.6 is 11.6 Å². The SMILES string of the molecule is CO/C=C(\C(=O)O)c1ccccc1/C(Cc1ccc(Cl)cc1)=N\O. The third kappa shape index (κ3) is 4.14. The van der Waals surface area contributed by atoms with Gasteiger partial charge in [-0.05, 0) is 17.7 Å². The molecule has 0 amide bonds. The number of aliphatic carboxylic acids is 1. The van der Waals surface area contributed by atoms with Crippen molar-refractivity contribution >= 4 is 28.9 Å². The van der Waals surface area contributed by atoms with Gasteiger partial charge in [0.05, 0.1) is 19.1 Å². The number of rotatable bonds is 6. The summed E-state index contributed by atoms with van der Waals surface area (Å²) in [5.74, 6) is -1.13. The van der Waals surface area contributed by atoms with Crippen LogP contribution in [0.4, 0.5) is 0 Å². The molecule has 0 radical (unpaired) electrons. The van der Waals surface area contributed by atoms with Crippen LogP contribution in [0.1, 0.15) is 16.7 Å². The van der Waals surface area contributed by atoms with E-state index >= 15 is 0 Å². The monoisotopic (exact) mass is 345 g/mol. The molecular weight excluding hydrogens is 330 g/mol. The van der Waals surface area contributed by atoms with Gasteiger partial charge in [0.15, 0.2) is 0 Å². The Morgan fingerprint density at radius 3 is 2.33 bits per heavy atom. The minimum absolute atomic E-state index is 0.0228. The van der Waals surface area contributed by atoms with Crippen LogP contribution in [-0.2, 0) is 16.0 Å². The van der Waals surface area contributed by atoms with Gasteiger partial charge < -0.3 is 15.1 Å². The van der Waals surface area contributed by atoms with Gasteiger partial charge in [0.1, 0.15) is 5.57 Å². The highest BCUT2D eigenvalue weighted by atomic mass is 35.5. The molecule has 5 nitrogen and oxygen atoms in total. The second-order valence-electron chi connectivity index (χ2n) is 4.97. The predicted molar refractivity (Wildman–Crippen MR) is 92.5 cm³/mol. The molecule has 0 aromatic heterocycles. The number of halogens is 1. The van der Waals surface area contributed by atoms with E-state index in [0.717, 1.165) is 11.8 Å². The summed E-state index contributed by atoms with van der Waals surface area (Å²) in [6, 6.07) is 13.9. The second kappa shape index (κ2) is 8.17. The van der Waals surface area contributed by atoms with Crippen molar-refractivity contribution in [1.29, 1.82) is 0 Å². The summed E-state index contributed by atoms with van der Waals surface area (Å²) in [5.41, 5.74) is 2.13. The van der Waals surface area contributed by atoms with Crippen molar-refractivity contribution < 1.29 is 19.8 Å². The Bertz CT molecular complexity index is 782. The summed E-state index contributed by atoms with van der Waals surface area (Å²) in [7, 11) is 1.38. The zero-order valence-corrected chi connectivity index (χ0v) is 13.7. The zero-order valence-electron chi connectivity index (χ0n) is 12.9. The van der Waals surface area contributed by atoms with Gasteiger partial charge in [0, 0.05) is 22.6 Å². The van der Waals surface area contributed by atoms with E-state index in [4.69, 9.17) is 16.3 Å². The number of hydrogen-bond donors (Lipinski definition) is 2. The highest BCUT2D eigenvalue weighted by Crippen LogP contribution is 2.22. The number of nitrogens with zero attached hydrogens (tertiary/aromatic N) is 1. The van der Waals surface area contributed by atoms with Crippen molar-refractivity contribution in [2.45, 2.75) is 6.42 Å². The topological polar surface area (TPSA) is 79.1 Å². The first kappa shape index (κ1) is 17.6. The zero-order chi connectivity index (χ0) is 17.5. The number of oxime groups is 1. The Morgan fingerprint density at radius 2 is 1.79 bits per heavy atom. The first-order chi connectivity index (χ1) is 11.6. The second-order valence-corrected chi connectivity index (χ2v) is 5.40. The number of carboxylic acid groups (broad SMARTS) is 1. The molecule has 124 valence electrons.